The van der Waals surface area contributed by atoms with Crippen LogP contribution in [0.4, 0.5) is 5.69 Å². The maximum atomic E-state index is 12.1. The van der Waals surface area contributed by atoms with Crippen molar-refractivity contribution in [2.75, 3.05) is 16.2 Å². The standard InChI is InChI=1S/C18H20N2O2S3/c1-13-4-7-15(8-5-13)20-25(21,22)11-3-10-23-18-19-16-12-14(2)6-9-17(16)24-18/h4-9,12,20H,3,10-11H2,1-2H3. The number of sulfonamides is 1. The average Bonchev–Trinajstić information content (AvgIpc) is 2.95. The van der Waals surface area contributed by atoms with Crippen LogP contribution in [0.15, 0.2) is 46.8 Å². The van der Waals surface area contributed by atoms with Crippen LogP contribution in [0.2, 0.25) is 0 Å². The molecule has 0 fully saturated rings. The van der Waals surface area contributed by atoms with Crippen LogP contribution >= 0.6 is 23.1 Å². The summed E-state index contributed by atoms with van der Waals surface area (Å²) in [4.78, 5) is 4.60. The fourth-order valence-electron chi connectivity index (χ4n) is 2.34. The van der Waals surface area contributed by atoms with Crippen molar-refractivity contribution >= 4 is 49.0 Å². The van der Waals surface area contributed by atoms with Crippen LogP contribution in [0.25, 0.3) is 10.2 Å². The average molecular weight is 393 g/mol. The Morgan fingerprint density at radius 3 is 2.56 bits per heavy atom. The van der Waals surface area contributed by atoms with E-state index in [9.17, 15) is 8.42 Å². The van der Waals surface area contributed by atoms with Crippen LogP contribution in [0.1, 0.15) is 17.5 Å². The van der Waals surface area contributed by atoms with Crippen LogP contribution < -0.4 is 4.72 Å². The van der Waals surface area contributed by atoms with E-state index in [2.05, 4.69) is 34.8 Å². The molecule has 0 aliphatic rings. The monoisotopic (exact) mass is 392 g/mol. The summed E-state index contributed by atoms with van der Waals surface area (Å²) in [7, 11) is -3.31. The Hall–Kier alpha value is -1.57. The van der Waals surface area contributed by atoms with Gasteiger partial charge in [-0.15, -0.1) is 11.3 Å². The van der Waals surface area contributed by atoms with Crippen LogP contribution in [-0.2, 0) is 10.0 Å². The smallest absolute Gasteiger partial charge is 0.232 e. The van der Waals surface area contributed by atoms with E-state index in [1.54, 1.807) is 35.2 Å². The molecule has 0 spiro atoms. The number of aryl methyl sites for hydroxylation is 2. The normalized spacial score (nSPS) is 11.8. The molecule has 1 aromatic heterocycles. The molecule has 0 saturated heterocycles. The van der Waals surface area contributed by atoms with E-state index in [4.69, 9.17) is 0 Å². The number of anilines is 1. The zero-order chi connectivity index (χ0) is 17.9. The quantitative estimate of drug-likeness (QED) is 0.462. The van der Waals surface area contributed by atoms with E-state index < -0.39 is 10.0 Å². The SMILES string of the molecule is Cc1ccc(NS(=O)(=O)CCCSc2nc3cc(C)ccc3s2)cc1. The van der Waals surface area contributed by atoms with Crippen molar-refractivity contribution in [2.24, 2.45) is 0 Å². The minimum absolute atomic E-state index is 0.109. The van der Waals surface area contributed by atoms with Crippen molar-refractivity contribution < 1.29 is 8.42 Å². The summed E-state index contributed by atoms with van der Waals surface area (Å²) in [5.41, 5.74) is 3.92. The molecule has 1 heterocycles. The van der Waals surface area contributed by atoms with Gasteiger partial charge in [0.05, 0.1) is 16.0 Å². The van der Waals surface area contributed by atoms with Gasteiger partial charge in [-0.25, -0.2) is 13.4 Å². The third-order valence-electron chi connectivity index (χ3n) is 3.63. The number of thiazole rings is 1. The van der Waals surface area contributed by atoms with Crippen LogP contribution in [0.5, 0.6) is 0 Å². The van der Waals surface area contributed by atoms with Gasteiger partial charge in [0.15, 0.2) is 4.34 Å². The summed E-state index contributed by atoms with van der Waals surface area (Å²) in [6.07, 6.45) is 0.584. The van der Waals surface area contributed by atoms with Gasteiger partial charge in [-0.1, -0.05) is 35.5 Å². The molecule has 4 nitrogen and oxygen atoms in total. The number of rotatable bonds is 7. The van der Waals surface area contributed by atoms with Crippen molar-refractivity contribution in [3.05, 3.63) is 53.6 Å². The molecule has 0 unspecified atom stereocenters. The molecule has 1 N–H and O–H groups in total. The number of hydrogen-bond donors (Lipinski definition) is 1. The Morgan fingerprint density at radius 2 is 1.80 bits per heavy atom. The highest BCUT2D eigenvalue weighted by Crippen LogP contribution is 2.30. The van der Waals surface area contributed by atoms with E-state index in [1.165, 1.54) is 10.3 Å². The number of nitrogens with zero attached hydrogens (tertiary/aromatic N) is 1. The summed E-state index contributed by atoms with van der Waals surface area (Å²) in [6.45, 7) is 4.02. The minimum atomic E-state index is -3.31. The first-order valence-electron chi connectivity index (χ1n) is 7.98. The van der Waals surface area contributed by atoms with Crippen molar-refractivity contribution in [3.63, 3.8) is 0 Å². The lowest BCUT2D eigenvalue weighted by Crippen LogP contribution is -2.17. The maximum absolute atomic E-state index is 12.1. The van der Waals surface area contributed by atoms with Gasteiger partial charge in [0.25, 0.3) is 0 Å². The zero-order valence-electron chi connectivity index (χ0n) is 14.2. The van der Waals surface area contributed by atoms with Crippen molar-refractivity contribution in [1.29, 1.82) is 0 Å². The first-order chi connectivity index (χ1) is 11.9. The van der Waals surface area contributed by atoms with Gasteiger partial charge < -0.3 is 0 Å². The molecule has 2 aromatic carbocycles. The molecular weight excluding hydrogens is 372 g/mol. The highest BCUT2D eigenvalue weighted by molar-refractivity contribution is 8.01. The van der Waals surface area contributed by atoms with Crippen LogP contribution in [0.3, 0.4) is 0 Å². The molecule has 0 atom stereocenters. The molecule has 0 radical (unpaired) electrons. The van der Waals surface area contributed by atoms with E-state index in [0.717, 1.165) is 21.2 Å². The third-order valence-corrected chi connectivity index (χ3v) is 7.27. The first-order valence-corrected chi connectivity index (χ1v) is 11.4. The maximum Gasteiger partial charge on any atom is 0.232 e. The summed E-state index contributed by atoms with van der Waals surface area (Å²) < 4.78 is 29.1. The second-order valence-corrected chi connectivity index (χ2v) is 10.2. The minimum Gasteiger partial charge on any atom is -0.284 e. The summed E-state index contributed by atoms with van der Waals surface area (Å²) in [6, 6.07) is 13.6. The zero-order valence-corrected chi connectivity index (χ0v) is 16.6. The van der Waals surface area contributed by atoms with Gasteiger partial charge in [0.1, 0.15) is 0 Å². The van der Waals surface area contributed by atoms with E-state index in [0.29, 0.717) is 12.1 Å². The van der Waals surface area contributed by atoms with E-state index >= 15 is 0 Å². The van der Waals surface area contributed by atoms with Gasteiger partial charge >= 0.3 is 0 Å². The first kappa shape index (κ1) is 18.2. The van der Waals surface area contributed by atoms with Crippen molar-refractivity contribution in [1.82, 2.24) is 4.98 Å². The largest absolute Gasteiger partial charge is 0.284 e. The highest BCUT2D eigenvalue weighted by Gasteiger charge is 2.11. The summed E-state index contributed by atoms with van der Waals surface area (Å²) in [5.74, 6) is 0.839. The molecular formula is C18H20N2O2S3. The summed E-state index contributed by atoms with van der Waals surface area (Å²) >= 11 is 3.27. The fraction of sp³-hybridized carbons (Fsp3) is 0.278. The van der Waals surface area contributed by atoms with E-state index in [1.807, 2.05) is 19.1 Å². The number of benzene rings is 2. The van der Waals surface area contributed by atoms with Crippen LogP contribution in [-0.4, -0.2) is 24.9 Å². The predicted molar refractivity (Wildman–Crippen MR) is 108 cm³/mol. The number of aromatic nitrogens is 1. The Labute approximate surface area is 156 Å². The fourth-order valence-corrected chi connectivity index (χ4v) is 5.70. The lowest BCUT2D eigenvalue weighted by molar-refractivity contribution is 0.600. The lowest BCUT2D eigenvalue weighted by Gasteiger charge is -2.07. The van der Waals surface area contributed by atoms with Crippen LogP contribution in [0, 0.1) is 13.8 Å². The Kier molecular flexibility index (Phi) is 5.66. The highest BCUT2D eigenvalue weighted by atomic mass is 32.2. The van der Waals surface area contributed by atoms with Gasteiger partial charge in [-0.05, 0) is 50.1 Å². The second-order valence-electron chi connectivity index (χ2n) is 5.94. The third kappa shape index (κ3) is 5.20. The Bertz CT molecular complexity index is 964. The van der Waals surface area contributed by atoms with Gasteiger partial charge in [-0.3, -0.25) is 4.72 Å². The van der Waals surface area contributed by atoms with Gasteiger partial charge in [0.2, 0.25) is 10.0 Å². The molecule has 0 saturated carbocycles. The number of fused-ring (bicyclic) bond motifs is 1. The molecule has 132 valence electrons. The molecule has 3 aromatic rings. The van der Waals surface area contributed by atoms with Crippen molar-refractivity contribution in [3.8, 4) is 0 Å². The number of thioether (sulfide) groups is 1. The molecule has 0 bridgehead atoms. The Morgan fingerprint density at radius 1 is 1.08 bits per heavy atom. The molecule has 0 amide bonds. The predicted octanol–water partition coefficient (Wildman–Crippen LogP) is 4.84. The second kappa shape index (κ2) is 7.76. The molecule has 0 aliphatic carbocycles. The number of hydrogen-bond acceptors (Lipinski definition) is 5. The molecule has 25 heavy (non-hydrogen) atoms. The van der Waals surface area contributed by atoms with Gasteiger partial charge in [0, 0.05) is 11.4 Å². The summed E-state index contributed by atoms with van der Waals surface area (Å²) in [5, 5.41) is 0. The topological polar surface area (TPSA) is 59.1 Å². The molecule has 7 heteroatoms. The van der Waals surface area contributed by atoms with E-state index in [-0.39, 0.29) is 5.75 Å². The Balaban J connectivity index is 1.50. The molecule has 3 rings (SSSR count). The molecule has 0 aliphatic heterocycles. The number of nitrogens with one attached hydrogen (secondary N) is 1. The van der Waals surface area contributed by atoms with Crippen molar-refractivity contribution in [2.45, 2.75) is 24.6 Å². The van der Waals surface area contributed by atoms with Gasteiger partial charge in [-0.2, -0.15) is 0 Å². The lowest BCUT2D eigenvalue weighted by atomic mass is 10.2.